The van der Waals surface area contributed by atoms with Gasteiger partial charge in [-0.2, -0.15) is 0 Å². The van der Waals surface area contributed by atoms with E-state index in [0.29, 0.717) is 6.54 Å². The Bertz CT molecular complexity index is 557. The van der Waals surface area contributed by atoms with Gasteiger partial charge in [-0.1, -0.05) is 45.7 Å². The maximum Gasteiger partial charge on any atom is 0.123 e. The van der Waals surface area contributed by atoms with Crippen LogP contribution in [0.2, 0.25) is 5.02 Å². The molecule has 0 amide bonds. The van der Waals surface area contributed by atoms with E-state index in [1.165, 1.54) is 12.1 Å². The molecule has 0 aliphatic heterocycles. The van der Waals surface area contributed by atoms with Crippen molar-refractivity contribution >= 4 is 27.5 Å². The molecule has 0 aliphatic carbocycles. The molecule has 0 unspecified atom stereocenters. The van der Waals surface area contributed by atoms with Gasteiger partial charge in [-0.25, -0.2) is 4.39 Å². The molecule has 0 aromatic heterocycles. The SMILES string of the molecule is C[C@@H](NCc1ccc(Br)cc1Cl)c1ccc(F)cc1. The molecule has 0 fully saturated rings. The van der Waals surface area contributed by atoms with Crippen LogP contribution in [0.15, 0.2) is 46.9 Å². The lowest BCUT2D eigenvalue weighted by molar-refractivity contribution is 0.571. The van der Waals surface area contributed by atoms with Gasteiger partial charge in [0.1, 0.15) is 5.82 Å². The van der Waals surface area contributed by atoms with Crippen molar-refractivity contribution in [2.75, 3.05) is 0 Å². The van der Waals surface area contributed by atoms with Gasteiger partial charge in [-0.3, -0.25) is 0 Å². The van der Waals surface area contributed by atoms with Crippen molar-refractivity contribution in [1.82, 2.24) is 5.32 Å². The number of halogens is 3. The van der Waals surface area contributed by atoms with Gasteiger partial charge in [0.2, 0.25) is 0 Å². The van der Waals surface area contributed by atoms with Crippen molar-refractivity contribution < 1.29 is 4.39 Å². The Hall–Kier alpha value is -0.900. The summed E-state index contributed by atoms with van der Waals surface area (Å²) in [5.74, 6) is -0.216. The molecule has 0 bridgehead atoms. The molecule has 2 aromatic rings. The fraction of sp³-hybridized carbons (Fsp3) is 0.200. The largest absolute Gasteiger partial charge is 0.306 e. The second-order valence-electron chi connectivity index (χ2n) is 4.39. The highest BCUT2D eigenvalue weighted by Gasteiger charge is 2.07. The van der Waals surface area contributed by atoms with E-state index in [9.17, 15) is 4.39 Å². The summed E-state index contributed by atoms with van der Waals surface area (Å²) in [4.78, 5) is 0. The first-order chi connectivity index (χ1) is 9.06. The van der Waals surface area contributed by atoms with Crippen LogP contribution >= 0.6 is 27.5 Å². The van der Waals surface area contributed by atoms with Gasteiger partial charge in [0.15, 0.2) is 0 Å². The molecule has 0 spiro atoms. The van der Waals surface area contributed by atoms with Crippen molar-refractivity contribution in [3.8, 4) is 0 Å². The standard InChI is InChI=1S/C15H14BrClFN/c1-10(11-3-6-14(18)7-4-11)19-9-12-2-5-13(16)8-15(12)17/h2-8,10,19H,9H2,1H3/t10-/m1/s1. The lowest BCUT2D eigenvalue weighted by Crippen LogP contribution is -2.18. The van der Waals surface area contributed by atoms with E-state index < -0.39 is 0 Å². The van der Waals surface area contributed by atoms with E-state index in [4.69, 9.17) is 11.6 Å². The normalized spacial score (nSPS) is 12.4. The average Bonchev–Trinajstić information content (AvgIpc) is 2.38. The molecule has 2 aromatic carbocycles. The Balaban J connectivity index is 2.00. The Morgan fingerprint density at radius 2 is 1.89 bits per heavy atom. The molecule has 0 aliphatic rings. The van der Waals surface area contributed by atoms with Crippen LogP contribution in [0.25, 0.3) is 0 Å². The Kier molecular flexibility index (Phi) is 4.97. The van der Waals surface area contributed by atoms with Gasteiger partial charge in [0, 0.05) is 22.1 Å². The highest BCUT2D eigenvalue weighted by Crippen LogP contribution is 2.22. The summed E-state index contributed by atoms with van der Waals surface area (Å²) in [6, 6.07) is 12.5. The fourth-order valence-corrected chi connectivity index (χ4v) is 2.54. The van der Waals surface area contributed by atoms with Crippen LogP contribution in [-0.4, -0.2) is 0 Å². The van der Waals surface area contributed by atoms with Crippen LogP contribution in [0, 0.1) is 5.82 Å². The first kappa shape index (κ1) is 14.5. The summed E-state index contributed by atoms with van der Waals surface area (Å²) in [6.07, 6.45) is 0. The summed E-state index contributed by atoms with van der Waals surface area (Å²) in [6.45, 7) is 2.71. The minimum Gasteiger partial charge on any atom is -0.306 e. The van der Waals surface area contributed by atoms with Crippen LogP contribution in [0.4, 0.5) is 4.39 Å². The van der Waals surface area contributed by atoms with E-state index in [1.807, 2.05) is 25.1 Å². The molecule has 1 atom stereocenters. The summed E-state index contributed by atoms with van der Waals surface area (Å²) in [7, 11) is 0. The summed E-state index contributed by atoms with van der Waals surface area (Å²) < 4.78 is 13.8. The molecule has 100 valence electrons. The van der Waals surface area contributed by atoms with Crippen molar-refractivity contribution in [2.24, 2.45) is 0 Å². The quantitative estimate of drug-likeness (QED) is 0.816. The molecule has 2 rings (SSSR count). The Labute approximate surface area is 125 Å². The first-order valence-electron chi connectivity index (χ1n) is 5.99. The van der Waals surface area contributed by atoms with E-state index >= 15 is 0 Å². The molecule has 0 radical (unpaired) electrons. The van der Waals surface area contributed by atoms with Crippen molar-refractivity contribution in [3.05, 3.63) is 68.9 Å². The number of benzene rings is 2. The Morgan fingerprint density at radius 1 is 1.21 bits per heavy atom. The number of hydrogen-bond donors (Lipinski definition) is 1. The number of nitrogens with one attached hydrogen (secondary N) is 1. The zero-order chi connectivity index (χ0) is 13.8. The van der Waals surface area contributed by atoms with E-state index in [1.54, 1.807) is 12.1 Å². The molecule has 1 N–H and O–H groups in total. The van der Waals surface area contributed by atoms with Gasteiger partial charge in [0.05, 0.1) is 0 Å². The fourth-order valence-electron chi connectivity index (χ4n) is 1.80. The van der Waals surface area contributed by atoms with Gasteiger partial charge in [-0.05, 0) is 42.3 Å². The van der Waals surface area contributed by atoms with Crippen LogP contribution in [0.1, 0.15) is 24.1 Å². The zero-order valence-corrected chi connectivity index (χ0v) is 12.8. The molecule has 0 saturated carbocycles. The predicted molar refractivity (Wildman–Crippen MR) is 80.8 cm³/mol. The lowest BCUT2D eigenvalue weighted by Gasteiger charge is -2.15. The number of hydrogen-bond acceptors (Lipinski definition) is 1. The molecular formula is C15H14BrClFN. The van der Waals surface area contributed by atoms with Crippen molar-refractivity contribution in [3.63, 3.8) is 0 Å². The molecule has 0 saturated heterocycles. The van der Waals surface area contributed by atoms with Gasteiger partial charge in [-0.15, -0.1) is 0 Å². The van der Waals surface area contributed by atoms with Crippen LogP contribution < -0.4 is 5.32 Å². The highest BCUT2D eigenvalue weighted by atomic mass is 79.9. The minimum absolute atomic E-state index is 0.139. The van der Waals surface area contributed by atoms with Crippen molar-refractivity contribution in [1.29, 1.82) is 0 Å². The van der Waals surface area contributed by atoms with Crippen LogP contribution in [-0.2, 0) is 6.54 Å². The highest BCUT2D eigenvalue weighted by molar-refractivity contribution is 9.10. The van der Waals surface area contributed by atoms with Crippen molar-refractivity contribution in [2.45, 2.75) is 19.5 Å². The van der Waals surface area contributed by atoms with E-state index in [0.717, 1.165) is 20.6 Å². The third-order valence-corrected chi connectivity index (χ3v) is 3.83. The summed E-state index contributed by atoms with van der Waals surface area (Å²) in [5.41, 5.74) is 2.09. The average molecular weight is 343 g/mol. The summed E-state index contributed by atoms with van der Waals surface area (Å²) in [5, 5.41) is 4.10. The maximum absolute atomic E-state index is 12.8. The van der Waals surface area contributed by atoms with E-state index in [-0.39, 0.29) is 11.9 Å². The molecule has 0 heterocycles. The first-order valence-corrected chi connectivity index (χ1v) is 7.16. The van der Waals surface area contributed by atoms with Gasteiger partial charge >= 0.3 is 0 Å². The second kappa shape index (κ2) is 6.51. The molecule has 1 nitrogen and oxygen atoms in total. The zero-order valence-electron chi connectivity index (χ0n) is 10.5. The van der Waals surface area contributed by atoms with E-state index in [2.05, 4.69) is 21.2 Å². The predicted octanol–water partition coefficient (Wildman–Crippen LogP) is 5.09. The smallest absolute Gasteiger partial charge is 0.123 e. The van der Waals surface area contributed by atoms with Gasteiger partial charge < -0.3 is 5.32 Å². The molecule has 19 heavy (non-hydrogen) atoms. The molecular weight excluding hydrogens is 329 g/mol. The summed E-state index contributed by atoms with van der Waals surface area (Å²) >= 11 is 9.54. The minimum atomic E-state index is -0.216. The van der Waals surface area contributed by atoms with Crippen LogP contribution in [0.5, 0.6) is 0 Å². The van der Waals surface area contributed by atoms with Gasteiger partial charge in [0.25, 0.3) is 0 Å². The number of rotatable bonds is 4. The topological polar surface area (TPSA) is 12.0 Å². The lowest BCUT2D eigenvalue weighted by atomic mass is 10.1. The third kappa shape index (κ3) is 4.03. The monoisotopic (exact) mass is 341 g/mol. The third-order valence-electron chi connectivity index (χ3n) is 2.98. The van der Waals surface area contributed by atoms with Crippen LogP contribution in [0.3, 0.4) is 0 Å². The second-order valence-corrected chi connectivity index (χ2v) is 5.71. The molecule has 4 heteroatoms. The maximum atomic E-state index is 12.8. The Morgan fingerprint density at radius 3 is 2.53 bits per heavy atom.